The first-order valence-electron chi connectivity index (χ1n) is 8.18. The van der Waals surface area contributed by atoms with Gasteiger partial charge in [-0.1, -0.05) is 47.6 Å². The van der Waals surface area contributed by atoms with Crippen LogP contribution in [0.25, 0.3) is 0 Å². The van der Waals surface area contributed by atoms with Crippen molar-refractivity contribution in [2.75, 3.05) is 5.32 Å². The molecule has 5 nitrogen and oxygen atoms in total. The molecule has 0 spiro atoms. The van der Waals surface area contributed by atoms with Crippen molar-refractivity contribution < 1.29 is 14.1 Å². The van der Waals surface area contributed by atoms with E-state index in [4.69, 9.17) is 4.52 Å². The zero-order valence-corrected chi connectivity index (χ0v) is 13.4. The van der Waals surface area contributed by atoms with E-state index in [1.807, 2.05) is 18.2 Å². The molecule has 1 aliphatic carbocycles. The lowest BCUT2D eigenvalue weighted by molar-refractivity contribution is 0.101. The predicted molar refractivity (Wildman–Crippen MR) is 92.7 cm³/mol. The molecular formula is C20H16N2O3. The smallest absolute Gasteiger partial charge is 0.277 e. The van der Waals surface area contributed by atoms with Gasteiger partial charge in [0.1, 0.15) is 5.76 Å². The van der Waals surface area contributed by atoms with E-state index in [9.17, 15) is 9.59 Å². The average molecular weight is 332 g/mol. The first-order valence-corrected chi connectivity index (χ1v) is 8.18. The second-order valence-corrected chi connectivity index (χ2v) is 6.12. The Morgan fingerprint density at radius 2 is 1.72 bits per heavy atom. The Balaban J connectivity index is 1.50. The van der Waals surface area contributed by atoms with Gasteiger partial charge in [-0.25, -0.2) is 0 Å². The van der Waals surface area contributed by atoms with E-state index >= 15 is 0 Å². The minimum atomic E-state index is -0.347. The van der Waals surface area contributed by atoms with Crippen LogP contribution in [-0.4, -0.2) is 16.8 Å². The normalized spacial score (nSPS) is 13.4. The second-order valence-electron chi connectivity index (χ2n) is 6.12. The van der Waals surface area contributed by atoms with Crippen molar-refractivity contribution in [1.29, 1.82) is 0 Å². The third-order valence-corrected chi connectivity index (χ3v) is 4.16. The van der Waals surface area contributed by atoms with Gasteiger partial charge < -0.3 is 9.84 Å². The maximum atomic E-state index is 12.5. The molecule has 1 aliphatic rings. The van der Waals surface area contributed by atoms with Crippen LogP contribution in [0, 0.1) is 0 Å². The number of benzene rings is 2. The lowest BCUT2D eigenvalue weighted by Gasteiger charge is -2.06. The standard InChI is InChI=1S/C20H16N2O3/c23-19(14-5-2-1-3-6-14)15-7-4-8-16(11-15)21-20(24)17-12-18(25-22-17)13-9-10-13/h1-8,11-13H,9-10H2,(H,21,24). The molecule has 1 N–H and O–H groups in total. The maximum Gasteiger partial charge on any atom is 0.277 e. The summed E-state index contributed by atoms with van der Waals surface area (Å²) < 4.78 is 5.20. The van der Waals surface area contributed by atoms with Crippen LogP contribution in [0.4, 0.5) is 5.69 Å². The van der Waals surface area contributed by atoms with Crippen molar-refractivity contribution in [2.45, 2.75) is 18.8 Å². The van der Waals surface area contributed by atoms with Crippen LogP contribution in [0.5, 0.6) is 0 Å². The van der Waals surface area contributed by atoms with E-state index in [1.165, 1.54) is 0 Å². The Bertz CT molecular complexity index is 927. The number of anilines is 1. The van der Waals surface area contributed by atoms with E-state index in [0.717, 1.165) is 18.6 Å². The molecule has 1 amide bonds. The monoisotopic (exact) mass is 332 g/mol. The van der Waals surface area contributed by atoms with Crippen LogP contribution in [0.2, 0.25) is 0 Å². The molecule has 0 radical (unpaired) electrons. The third-order valence-electron chi connectivity index (χ3n) is 4.16. The maximum absolute atomic E-state index is 12.5. The Morgan fingerprint density at radius 1 is 0.960 bits per heavy atom. The van der Waals surface area contributed by atoms with E-state index in [-0.39, 0.29) is 17.4 Å². The number of hydrogen-bond acceptors (Lipinski definition) is 4. The molecule has 4 rings (SSSR count). The molecule has 0 bridgehead atoms. The number of nitrogens with zero attached hydrogens (tertiary/aromatic N) is 1. The highest BCUT2D eigenvalue weighted by molar-refractivity contribution is 6.10. The van der Waals surface area contributed by atoms with E-state index in [1.54, 1.807) is 42.5 Å². The molecule has 1 fully saturated rings. The first kappa shape index (κ1) is 15.3. The summed E-state index contributed by atoms with van der Waals surface area (Å²) in [6.07, 6.45) is 2.17. The van der Waals surface area contributed by atoms with Gasteiger partial charge in [0.15, 0.2) is 11.5 Å². The van der Waals surface area contributed by atoms with Crippen molar-refractivity contribution in [1.82, 2.24) is 5.16 Å². The fraction of sp³-hybridized carbons (Fsp3) is 0.150. The van der Waals surface area contributed by atoms with Gasteiger partial charge in [-0.3, -0.25) is 9.59 Å². The van der Waals surface area contributed by atoms with E-state index in [0.29, 0.717) is 22.7 Å². The fourth-order valence-electron chi connectivity index (χ4n) is 2.65. The molecule has 1 aromatic heterocycles. The fourth-order valence-corrected chi connectivity index (χ4v) is 2.65. The summed E-state index contributed by atoms with van der Waals surface area (Å²) in [7, 11) is 0. The molecular weight excluding hydrogens is 316 g/mol. The van der Waals surface area contributed by atoms with E-state index < -0.39 is 0 Å². The number of hydrogen-bond donors (Lipinski definition) is 1. The molecule has 3 aromatic rings. The Hall–Kier alpha value is -3.21. The van der Waals surface area contributed by atoms with Crippen LogP contribution < -0.4 is 5.32 Å². The molecule has 0 atom stereocenters. The van der Waals surface area contributed by atoms with Gasteiger partial charge in [-0.15, -0.1) is 0 Å². The van der Waals surface area contributed by atoms with E-state index in [2.05, 4.69) is 10.5 Å². The number of ketones is 1. The SMILES string of the molecule is O=C(c1ccccc1)c1cccc(NC(=O)c2cc(C3CC3)on2)c1. The Morgan fingerprint density at radius 3 is 2.48 bits per heavy atom. The number of carbonyl (C=O) groups is 2. The van der Waals surface area contributed by atoms with Crippen molar-refractivity contribution in [3.63, 3.8) is 0 Å². The van der Waals surface area contributed by atoms with Gasteiger partial charge in [0.2, 0.25) is 0 Å². The number of aromatic nitrogens is 1. The lowest BCUT2D eigenvalue weighted by Crippen LogP contribution is -2.12. The van der Waals surface area contributed by atoms with Crippen LogP contribution in [0.15, 0.2) is 65.2 Å². The van der Waals surface area contributed by atoms with Gasteiger partial charge in [0.25, 0.3) is 5.91 Å². The Kier molecular flexibility index (Phi) is 3.90. The minimum Gasteiger partial charge on any atom is -0.360 e. The summed E-state index contributed by atoms with van der Waals surface area (Å²) in [5.74, 6) is 0.730. The second kappa shape index (κ2) is 6.36. The molecule has 0 aliphatic heterocycles. The summed E-state index contributed by atoms with van der Waals surface area (Å²) in [5, 5.41) is 6.59. The molecule has 1 heterocycles. The first-order chi connectivity index (χ1) is 12.2. The van der Waals surface area contributed by atoms with Gasteiger partial charge >= 0.3 is 0 Å². The van der Waals surface area contributed by atoms with Crippen molar-refractivity contribution in [3.05, 3.63) is 83.2 Å². The predicted octanol–water partition coefficient (Wildman–Crippen LogP) is 4.04. The van der Waals surface area contributed by atoms with Crippen LogP contribution in [0.3, 0.4) is 0 Å². The minimum absolute atomic E-state index is 0.0887. The number of amides is 1. The Labute approximate surface area is 144 Å². The number of rotatable bonds is 5. The average Bonchev–Trinajstić information content (AvgIpc) is 3.38. The number of carbonyl (C=O) groups excluding carboxylic acids is 2. The zero-order chi connectivity index (χ0) is 17.2. The summed E-state index contributed by atoms with van der Waals surface area (Å²) in [5.41, 5.74) is 1.92. The topological polar surface area (TPSA) is 72.2 Å². The van der Waals surface area contributed by atoms with Crippen LogP contribution in [-0.2, 0) is 0 Å². The molecule has 124 valence electrons. The molecule has 2 aromatic carbocycles. The van der Waals surface area contributed by atoms with Crippen molar-refractivity contribution >= 4 is 17.4 Å². The summed E-state index contributed by atoms with van der Waals surface area (Å²) in [6, 6.07) is 17.6. The third kappa shape index (κ3) is 3.35. The summed E-state index contributed by atoms with van der Waals surface area (Å²) >= 11 is 0. The highest BCUT2D eigenvalue weighted by Crippen LogP contribution is 2.40. The highest BCUT2D eigenvalue weighted by Gasteiger charge is 2.28. The summed E-state index contributed by atoms with van der Waals surface area (Å²) in [4.78, 5) is 24.8. The lowest BCUT2D eigenvalue weighted by atomic mass is 10.0. The largest absolute Gasteiger partial charge is 0.360 e. The van der Waals surface area contributed by atoms with Crippen molar-refractivity contribution in [2.24, 2.45) is 0 Å². The summed E-state index contributed by atoms with van der Waals surface area (Å²) in [6.45, 7) is 0. The zero-order valence-electron chi connectivity index (χ0n) is 13.4. The van der Waals surface area contributed by atoms with Gasteiger partial charge in [0, 0.05) is 28.8 Å². The van der Waals surface area contributed by atoms with Crippen LogP contribution in [0.1, 0.15) is 50.9 Å². The van der Waals surface area contributed by atoms with Gasteiger partial charge in [-0.2, -0.15) is 0 Å². The quantitative estimate of drug-likeness (QED) is 0.716. The molecule has 25 heavy (non-hydrogen) atoms. The molecule has 0 saturated heterocycles. The number of nitrogens with one attached hydrogen (secondary N) is 1. The molecule has 5 heteroatoms. The highest BCUT2D eigenvalue weighted by atomic mass is 16.5. The molecule has 0 unspecified atom stereocenters. The van der Waals surface area contributed by atoms with Crippen LogP contribution >= 0.6 is 0 Å². The molecule has 1 saturated carbocycles. The van der Waals surface area contributed by atoms with Gasteiger partial charge in [-0.05, 0) is 25.0 Å². The van der Waals surface area contributed by atoms with Crippen molar-refractivity contribution in [3.8, 4) is 0 Å². The van der Waals surface area contributed by atoms with Gasteiger partial charge in [0.05, 0.1) is 0 Å².